The minimum absolute atomic E-state index is 0.0560. The first-order chi connectivity index (χ1) is 14.9. The summed E-state index contributed by atoms with van der Waals surface area (Å²) >= 11 is 6.05. The number of anilines is 1. The van der Waals surface area contributed by atoms with Gasteiger partial charge in [-0.15, -0.1) is 0 Å². The predicted octanol–water partition coefficient (Wildman–Crippen LogP) is 3.15. The van der Waals surface area contributed by atoms with Crippen LogP contribution in [0, 0.1) is 5.92 Å². The van der Waals surface area contributed by atoms with Gasteiger partial charge in [-0.1, -0.05) is 49.9 Å². The maximum Gasteiger partial charge on any atom is 0.244 e. The Morgan fingerprint density at radius 3 is 2.71 bits per heavy atom. The number of likely N-dealkylation sites (tertiary alicyclic amines) is 1. The highest BCUT2D eigenvalue weighted by Gasteiger charge is 2.27. The fourth-order valence-corrected chi connectivity index (χ4v) is 3.87. The normalized spacial score (nSPS) is 16.5. The molecule has 1 unspecified atom stereocenters. The van der Waals surface area contributed by atoms with Crippen molar-refractivity contribution in [2.24, 2.45) is 5.92 Å². The molecular formula is C23H35ClN4O3. The molecule has 2 rings (SSSR count). The van der Waals surface area contributed by atoms with Crippen molar-refractivity contribution in [1.29, 1.82) is 0 Å². The van der Waals surface area contributed by atoms with Gasteiger partial charge in [0.25, 0.3) is 0 Å². The van der Waals surface area contributed by atoms with E-state index in [1.807, 2.05) is 4.90 Å². The number of benzene rings is 1. The Balaban J connectivity index is 1.74. The summed E-state index contributed by atoms with van der Waals surface area (Å²) in [7, 11) is 1.61. The van der Waals surface area contributed by atoms with Crippen molar-refractivity contribution in [3.05, 3.63) is 29.3 Å². The molecule has 1 aliphatic heterocycles. The largest absolute Gasteiger partial charge is 0.356 e. The van der Waals surface area contributed by atoms with Gasteiger partial charge in [0.1, 0.15) is 0 Å². The molecule has 1 aromatic carbocycles. The highest BCUT2D eigenvalue weighted by molar-refractivity contribution is 6.33. The first-order valence-electron chi connectivity index (χ1n) is 11.2. The van der Waals surface area contributed by atoms with Crippen molar-refractivity contribution < 1.29 is 14.4 Å². The molecule has 3 amide bonds. The van der Waals surface area contributed by atoms with E-state index < -0.39 is 0 Å². The van der Waals surface area contributed by atoms with Gasteiger partial charge in [-0.2, -0.15) is 0 Å². The Kier molecular flexibility index (Phi) is 10.8. The minimum Gasteiger partial charge on any atom is -0.356 e. The zero-order valence-electron chi connectivity index (χ0n) is 18.7. The molecule has 1 heterocycles. The van der Waals surface area contributed by atoms with Gasteiger partial charge in [-0.05, 0) is 37.9 Å². The maximum atomic E-state index is 12.6. The summed E-state index contributed by atoms with van der Waals surface area (Å²) in [5.74, 6) is -0.444. The lowest BCUT2D eigenvalue weighted by atomic mass is 9.97. The highest BCUT2D eigenvalue weighted by Crippen LogP contribution is 2.20. The molecule has 1 saturated heterocycles. The third-order valence-corrected chi connectivity index (χ3v) is 5.85. The Bertz CT molecular complexity index is 743. The second kappa shape index (κ2) is 13.3. The molecule has 0 radical (unpaired) electrons. The van der Waals surface area contributed by atoms with E-state index in [1.54, 1.807) is 31.3 Å². The molecule has 0 saturated carbocycles. The van der Waals surface area contributed by atoms with Gasteiger partial charge in [-0.3, -0.25) is 19.3 Å². The quantitative estimate of drug-likeness (QED) is 0.507. The summed E-state index contributed by atoms with van der Waals surface area (Å²) in [4.78, 5) is 40.7. The van der Waals surface area contributed by atoms with Crippen LogP contribution >= 0.6 is 11.6 Å². The van der Waals surface area contributed by atoms with Gasteiger partial charge >= 0.3 is 0 Å². The summed E-state index contributed by atoms with van der Waals surface area (Å²) in [6, 6.07) is 6.97. The van der Waals surface area contributed by atoms with Crippen LogP contribution in [-0.4, -0.2) is 67.3 Å². The zero-order chi connectivity index (χ0) is 22.6. The number of amides is 3. The van der Waals surface area contributed by atoms with Crippen molar-refractivity contribution in [2.45, 2.75) is 45.4 Å². The molecule has 31 heavy (non-hydrogen) atoms. The van der Waals surface area contributed by atoms with Crippen LogP contribution in [-0.2, 0) is 14.4 Å². The lowest BCUT2D eigenvalue weighted by Crippen LogP contribution is -2.47. The minimum atomic E-state index is -0.303. The second-order valence-electron chi connectivity index (χ2n) is 8.20. The molecular weight excluding hydrogens is 416 g/mol. The SMILES string of the molecule is CCCCCCNC(=O)C1CCCN(CC(=O)N(C)CC(=O)Nc2ccccc2Cl)C1. The number of para-hydroxylation sites is 1. The molecule has 1 fully saturated rings. The van der Waals surface area contributed by atoms with Crippen molar-refractivity contribution in [3.63, 3.8) is 0 Å². The third-order valence-electron chi connectivity index (χ3n) is 5.52. The van der Waals surface area contributed by atoms with E-state index >= 15 is 0 Å². The Morgan fingerprint density at radius 1 is 1.19 bits per heavy atom. The van der Waals surface area contributed by atoms with Crippen LogP contribution in [0.4, 0.5) is 5.69 Å². The predicted molar refractivity (Wildman–Crippen MR) is 124 cm³/mol. The van der Waals surface area contributed by atoms with E-state index in [1.165, 1.54) is 17.7 Å². The molecule has 0 aliphatic carbocycles. The number of halogens is 1. The molecule has 0 aromatic heterocycles. The number of carbonyl (C=O) groups is 3. The first-order valence-corrected chi connectivity index (χ1v) is 11.6. The Labute approximate surface area is 190 Å². The molecule has 0 spiro atoms. The molecule has 0 bridgehead atoms. The topological polar surface area (TPSA) is 81.8 Å². The zero-order valence-corrected chi connectivity index (χ0v) is 19.4. The van der Waals surface area contributed by atoms with Crippen molar-refractivity contribution in [3.8, 4) is 0 Å². The average molecular weight is 451 g/mol. The number of hydrogen-bond donors (Lipinski definition) is 2. The van der Waals surface area contributed by atoms with E-state index in [0.717, 1.165) is 38.8 Å². The van der Waals surface area contributed by atoms with Gasteiger partial charge in [0.2, 0.25) is 17.7 Å². The molecule has 7 nitrogen and oxygen atoms in total. The number of rotatable bonds is 11. The van der Waals surface area contributed by atoms with E-state index in [0.29, 0.717) is 17.3 Å². The van der Waals surface area contributed by atoms with Crippen LogP contribution in [0.25, 0.3) is 0 Å². The number of hydrogen-bond acceptors (Lipinski definition) is 4. The number of nitrogens with one attached hydrogen (secondary N) is 2. The lowest BCUT2D eigenvalue weighted by Gasteiger charge is -2.32. The summed E-state index contributed by atoms with van der Waals surface area (Å²) in [5.41, 5.74) is 0.523. The van der Waals surface area contributed by atoms with E-state index in [9.17, 15) is 14.4 Å². The molecule has 172 valence electrons. The fraction of sp³-hybridized carbons (Fsp3) is 0.609. The second-order valence-corrected chi connectivity index (χ2v) is 8.61. The number of piperidine rings is 1. The van der Waals surface area contributed by atoms with Crippen molar-refractivity contribution in [1.82, 2.24) is 15.1 Å². The maximum absolute atomic E-state index is 12.6. The van der Waals surface area contributed by atoms with Gasteiger partial charge < -0.3 is 15.5 Å². The summed E-state index contributed by atoms with van der Waals surface area (Å²) in [6.45, 7) is 4.39. The van der Waals surface area contributed by atoms with Crippen LogP contribution in [0.2, 0.25) is 5.02 Å². The van der Waals surface area contributed by atoms with E-state index in [4.69, 9.17) is 11.6 Å². The van der Waals surface area contributed by atoms with Crippen LogP contribution in [0.1, 0.15) is 45.4 Å². The number of carbonyl (C=O) groups excluding carboxylic acids is 3. The summed E-state index contributed by atoms with van der Waals surface area (Å²) in [5, 5.41) is 6.21. The van der Waals surface area contributed by atoms with Crippen LogP contribution in [0.15, 0.2) is 24.3 Å². The molecule has 1 atom stereocenters. The fourth-order valence-electron chi connectivity index (χ4n) is 3.69. The monoisotopic (exact) mass is 450 g/mol. The number of nitrogens with zero attached hydrogens (tertiary/aromatic N) is 2. The van der Waals surface area contributed by atoms with E-state index in [2.05, 4.69) is 17.6 Å². The standard InChI is InChI=1S/C23H35ClN4O3/c1-3-4-5-8-13-25-23(31)18-10-9-14-28(15-18)17-22(30)27(2)16-21(29)26-20-12-7-6-11-19(20)24/h6-7,11-12,18H,3-5,8-10,13-17H2,1-2H3,(H,25,31)(H,26,29). The molecule has 1 aromatic rings. The number of unbranched alkanes of at least 4 members (excludes halogenated alkanes) is 3. The summed E-state index contributed by atoms with van der Waals surface area (Å²) < 4.78 is 0. The third kappa shape index (κ3) is 8.87. The lowest BCUT2D eigenvalue weighted by molar-refractivity contribution is -0.135. The van der Waals surface area contributed by atoms with Gasteiger partial charge in [-0.25, -0.2) is 0 Å². The van der Waals surface area contributed by atoms with Gasteiger partial charge in [0.05, 0.1) is 29.7 Å². The van der Waals surface area contributed by atoms with Crippen LogP contribution < -0.4 is 10.6 Å². The highest BCUT2D eigenvalue weighted by atomic mass is 35.5. The molecule has 2 N–H and O–H groups in total. The van der Waals surface area contributed by atoms with Gasteiger partial charge in [0.15, 0.2) is 0 Å². The molecule has 8 heteroatoms. The van der Waals surface area contributed by atoms with Crippen LogP contribution in [0.5, 0.6) is 0 Å². The van der Waals surface area contributed by atoms with Crippen molar-refractivity contribution >= 4 is 35.0 Å². The smallest absolute Gasteiger partial charge is 0.244 e. The van der Waals surface area contributed by atoms with E-state index in [-0.39, 0.29) is 36.7 Å². The van der Waals surface area contributed by atoms with Crippen molar-refractivity contribution in [2.75, 3.05) is 45.1 Å². The Morgan fingerprint density at radius 2 is 1.97 bits per heavy atom. The summed E-state index contributed by atoms with van der Waals surface area (Å²) in [6.07, 6.45) is 6.25. The molecule has 1 aliphatic rings. The van der Waals surface area contributed by atoms with Crippen LogP contribution in [0.3, 0.4) is 0 Å². The van der Waals surface area contributed by atoms with Gasteiger partial charge in [0, 0.05) is 20.1 Å². The average Bonchev–Trinajstić information content (AvgIpc) is 2.75. The first kappa shape index (κ1) is 25.1. The number of likely N-dealkylation sites (N-methyl/N-ethyl adjacent to an activating group) is 1. The Hall–Kier alpha value is -2.12.